The third-order valence-corrected chi connectivity index (χ3v) is 8.37. The van der Waals surface area contributed by atoms with E-state index in [0.29, 0.717) is 31.6 Å². The van der Waals surface area contributed by atoms with Crippen LogP contribution in [-0.4, -0.2) is 55.5 Å². The van der Waals surface area contributed by atoms with E-state index in [9.17, 15) is 18.0 Å². The number of hydrogen-bond donors (Lipinski definition) is 0. The minimum absolute atomic E-state index is 0.00792. The quantitative estimate of drug-likeness (QED) is 0.627. The fraction of sp³-hybridized carbons (Fsp3) is 0.440. The molecule has 0 unspecified atom stereocenters. The summed E-state index contributed by atoms with van der Waals surface area (Å²) in [6, 6.07) is 12.7. The number of carbonyl (C=O) groups is 2. The smallest absolute Gasteiger partial charge is 0.243 e. The standard InChI is InChI=1S/C25H30N2O4S/c1-19-6-10-23(11-7-19)32(30,31)27-15-3-14-26(16-17-27)25(29)13-12-24(28)22-9-8-20-4-2-5-21(20)18-22/h6-11,18H,2-5,12-17H2,1H3. The summed E-state index contributed by atoms with van der Waals surface area (Å²) in [5, 5.41) is 0. The molecule has 0 aromatic heterocycles. The molecule has 7 heteroatoms. The fourth-order valence-corrected chi connectivity index (χ4v) is 5.98. The fourth-order valence-electron chi connectivity index (χ4n) is 4.51. The van der Waals surface area contributed by atoms with Gasteiger partial charge in [0, 0.05) is 44.6 Å². The molecule has 1 aliphatic heterocycles. The van der Waals surface area contributed by atoms with Crippen LogP contribution in [0.3, 0.4) is 0 Å². The van der Waals surface area contributed by atoms with Crippen LogP contribution < -0.4 is 0 Å². The molecule has 1 amide bonds. The molecule has 1 aliphatic carbocycles. The highest BCUT2D eigenvalue weighted by molar-refractivity contribution is 7.89. The molecule has 0 saturated carbocycles. The molecule has 170 valence electrons. The minimum Gasteiger partial charge on any atom is -0.341 e. The van der Waals surface area contributed by atoms with Gasteiger partial charge < -0.3 is 4.90 Å². The number of Topliss-reactive ketones (excluding diaryl/α,β-unsaturated/α-hetero) is 1. The number of hydrogen-bond acceptors (Lipinski definition) is 4. The molecule has 0 N–H and O–H groups in total. The molecule has 32 heavy (non-hydrogen) atoms. The average Bonchev–Trinajstić information content (AvgIpc) is 3.11. The summed E-state index contributed by atoms with van der Waals surface area (Å²) in [4.78, 5) is 27.3. The first kappa shape index (κ1) is 22.7. The van der Waals surface area contributed by atoms with Gasteiger partial charge in [0.05, 0.1) is 4.90 Å². The minimum atomic E-state index is -3.58. The van der Waals surface area contributed by atoms with Crippen molar-refractivity contribution in [3.63, 3.8) is 0 Å². The molecule has 0 spiro atoms. The van der Waals surface area contributed by atoms with Gasteiger partial charge in [-0.15, -0.1) is 0 Å². The lowest BCUT2D eigenvalue weighted by Gasteiger charge is -2.22. The maximum atomic E-state index is 13.0. The van der Waals surface area contributed by atoms with Crippen molar-refractivity contribution in [3.8, 4) is 0 Å². The Morgan fingerprint density at radius 3 is 2.38 bits per heavy atom. The molecule has 6 nitrogen and oxygen atoms in total. The topological polar surface area (TPSA) is 74.8 Å². The lowest BCUT2D eigenvalue weighted by molar-refractivity contribution is -0.131. The van der Waals surface area contributed by atoms with Gasteiger partial charge in [-0.05, 0) is 61.9 Å². The number of carbonyl (C=O) groups excluding carboxylic acids is 2. The van der Waals surface area contributed by atoms with E-state index in [4.69, 9.17) is 0 Å². The summed E-state index contributed by atoms with van der Waals surface area (Å²) >= 11 is 0. The summed E-state index contributed by atoms with van der Waals surface area (Å²) in [7, 11) is -3.58. The molecule has 4 rings (SSSR count). The molecule has 2 aromatic rings. The molecule has 0 radical (unpaired) electrons. The van der Waals surface area contributed by atoms with Crippen molar-refractivity contribution in [2.75, 3.05) is 26.2 Å². The Hall–Kier alpha value is -2.51. The molecular weight excluding hydrogens is 424 g/mol. The van der Waals surface area contributed by atoms with Gasteiger partial charge in [-0.2, -0.15) is 4.31 Å². The van der Waals surface area contributed by atoms with Crippen LogP contribution in [0.15, 0.2) is 47.4 Å². The molecule has 2 aliphatic rings. The largest absolute Gasteiger partial charge is 0.341 e. The Balaban J connectivity index is 1.32. The maximum Gasteiger partial charge on any atom is 0.243 e. The number of nitrogens with zero attached hydrogens (tertiary/aromatic N) is 2. The van der Waals surface area contributed by atoms with Crippen molar-refractivity contribution in [2.45, 2.75) is 50.3 Å². The molecule has 1 saturated heterocycles. The molecule has 2 aromatic carbocycles. The molecule has 1 fully saturated rings. The zero-order valence-corrected chi connectivity index (χ0v) is 19.4. The Bertz CT molecular complexity index is 1110. The van der Waals surface area contributed by atoms with E-state index >= 15 is 0 Å². The first-order valence-electron chi connectivity index (χ1n) is 11.3. The zero-order valence-electron chi connectivity index (χ0n) is 18.5. The summed E-state index contributed by atoms with van der Waals surface area (Å²) in [5.41, 5.74) is 4.27. The monoisotopic (exact) mass is 454 g/mol. The van der Waals surface area contributed by atoms with Gasteiger partial charge in [0.1, 0.15) is 0 Å². The summed E-state index contributed by atoms with van der Waals surface area (Å²) in [6.45, 7) is 3.42. The number of sulfonamides is 1. The molecule has 1 heterocycles. The third kappa shape index (κ3) is 4.94. The predicted molar refractivity (Wildman–Crippen MR) is 123 cm³/mol. The number of ketones is 1. The highest BCUT2D eigenvalue weighted by atomic mass is 32.2. The summed E-state index contributed by atoms with van der Waals surface area (Å²) in [6.07, 6.45) is 4.14. The van der Waals surface area contributed by atoms with E-state index < -0.39 is 10.0 Å². The molecule has 0 bridgehead atoms. The van der Waals surface area contributed by atoms with Crippen molar-refractivity contribution < 1.29 is 18.0 Å². The van der Waals surface area contributed by atoms with E-state index in [1.807, 2.05) is 25.1 Å². The van der Waals surface area contributed by atoms with E-state index in [1.165, 1.54) is 15.4 Å². The van der Waals surface area contributed by atoms with Gasteiger partial charge in [-0.3, -0.25) is 9.59 Å². The van der Waals surface area contributed by atoms with Crippen molar-refractivity contribution in [2.24, 2.45) is 0 Å². The van der Waals surface area contributed by atoms with Crippen LogP contribution in [0.4, 0.5) is 0 Å². The Morgan fingerprint density at radius 2 is 1.59 bits per heavy atom. The van der Waals surface area contributed by atoms with Crippen molar-refractivity contribution in [1.82, 2.24) is 9.21 Å². The normalized spacial score (nSPS) is 17.1. The van der Waals surface area contributed by atoms with E-state index in [-0.39, 0.29) is 36.0 Å². The first-order valence-corrected chi connectivity index (χ1v) is 12.8. The third-order valence-electron chi connectivity index (χ3n) is 6.45. The second-order valence-electron chi connectivity index (χ2n) is 8.71. The first-order chi connectivity index (χ1) is 15.3. The summed E-state index contributed by atoms with van der Waals surface area (Å²) in [5.74, 6) is -0.0967. The lowest BCUT2D eigenvalue weighted by atomic mass is 10.0. The van der Waals surface area contributed by atoms with E-state index in [1.54, 1.807) is 29.2 Å². The number of fused-ring (bicyclic) bond motifs is 1. The van der Waals surface area contributed by atoms with Crippen LogP contribution in [0.1, 0.15) is 52.7 Å². The average molecular weight is 455 g/mol. The van der Waals surface area contributed by atoms with Crippen LogP contribution in [0.5, 0.6) is 0 Å². The van der Waals surface area contributed by atoms with Gasteiger partial charge in [0.2, 0.25) is 15.9 Å². The number of aryl methyl sites for hydroxylation is 3. The van der Waals surface area contributed by atoms with Gasteiger partial charge in [-0.1, -0.05) is 29.8 Å². The van der Waals surface area contributed by atoms with Crippen LogP contribution in [-0.2, 0) is 27.7 Å². The second kappa shape index (κ2) is 9.55. The predicted octanol–water partition coefficient (Wildman–Crippen LogP) is 3.37. The van der Waals surface area contributed by atoms with Gasteiger partial charge in [-0.25, -0.2) is 8.42 Å². The Kier molecular flexibility index (Phi) is 6.76. The van der Waals surface area contributed by atoms with Crippen molar-refractivity contribution >= 4 is 21.7 Å². The van der Waals surface area contributed by atoms with E-state index in [0.717, 1.165) is 24.8 Å². The Labute approximate surface area is 190 Å². The number of benzene rings is 2. The van der Waals surface area contributed by atoms with Crippen LogP contribution >= 0.6 is 0 Å². The lowest BCUT2D eigenvalue weighted by Crippen LogP contribution is -2.37. The zero-order chi connectivity index (χ0) is 22.7. The molecular formula is C25H30N2O4S. The molecule has 0 atom stereocenters. The maximum absolute atomic E-state index is 13.0. The second-order valence-corrected chi connectivity index (χ2v) is 10.6. The van der Waals surface area contributed by atoms with Crippen LogP contribution in [0, 0.1) is 6.92 Å². The van der Waals surface area contributed by atoms with Crippen LogP contribution in [0.25, 0.3) is 0 Å². The highest BCUT2D eigenvalue weighted by Gasteiger charge is 2.28. The summed E-state index contributed by atoms with van der Waals surface area (Å²) < 4.78 is 27.4. The highest BCUT2D eigenvalue weighted by Crippen LogP contribution is 2.24. The SMILES string of the molecule is Cc1ccc(S(=O)(=O)N2CCCN(C(=O)CCC(=O)c3ccc4c(c3)CCC4)CC2)cc1. The number of amides is 1. The van der Waals surface area contributed by atoms with Gasteiger partial charge >= 0.3 is 0 Å². The number of rotatable bonds is 6. The Morgan fingerprint density at radius 1 is 0.844 bits per heavy atom. The van der Waals surface area contributed by atoms with Gasteiger partial charge in [0.25, 0.3) is 0 Å². The van der Waals surface area contributed by atoms with Gasteiger partial charge in [0.15, 0.2) is 5.78 Å². The van der Waals surface area contributed by atoms with E-state index in [2.05, 4.69) is 0 Å². The van der Waals surface area contributed by atoms with Crippen molar-refractivity contribution in [1.29, 1.82) is 0 Å². The van der Waals surface area contributed by atoms with Crippen LogP contribution in [0.2, 0.25) is 0 Å². The van der Waals surface area contributed by atoms with Crippen molar-refractivity contribution in [3.05, 3.63) is 64.7 Å².